The van der Waals surface area contributed by atoms with Crippen LogP contribution in [-0.2, 0) is 16.1 Å². The molecule has 1 aromatic rings. The maximum Gasteiger partial charge on any atom is 0.227 e. The number of carbonyl (C=O) groups is 1. The summed E-state index contributed by atoms with van der Waals surface area (Å²) >= 11 is 0. The molecule has 0 radical (unpaired) electrons. The van der Waals surface area contributed by atoms with Crippen LogP contribution in [0.1, 0.15) is 26.7 Å². The zero-order valence-corrected chi connectivity index (χ0v) is 10.8. The second-order valence-electron chi connectivity index (χ2n) is 3.99. The molecule has 0 saturated carbocycles. The molecule has 0 unspecified atom stereocenters. The van der Waals surface area contributed by atoms with Crippen molar-refractivity contribution in [2.45, 2.75) is 33.2 Å². The van der Waals surface area contributed by atoms with Crippen LogP contribution in [0, 0.1) is 5.92 Å². The van der Waals surface area contributed by atoms with Crippen molar-refractivity contribution in [2.24, 2.45) is 5.92 Å². The van der Waals surface area contributed by atoms with Crippen molar-refractivity contribution in [3.63, 3.8) is 0 Å². The van der Waals surface area contributed by atoms with Crippen LogP contribution in [0.25, 0.3) is 0 Å². The summed E-state index contributed by atoms with van der Waals surface area (Å²) in [7, 11) is 1.65. The number of ether oxygens (including phenoxy) is 1. The number of aromatic nitrogens is 2. The van der Waals surface area contributed by atoms with E-state index in [-0.39, 0.29) is 11.8 Å². The van der Waals surface area contributed by atoms with Crippen LogP contribution in [0.5, 0.6) is 0 Å². The topological polar surface area (TPSA) is 56.2 Å². The monoisotopic (exact) mass is 239 g/mol. The molecule has 0 aliphatic heterocycles. The second-order valence-corrected chi connectivity index (χ2v) is 3.99. The molecule has 0 fully saturated rings. The first kappa shape index (κ1) is 13.7. The van der Waals surface area contributed by atoms with Crippen LogP contribution < -0.4 is 5.32 Å². The lowest BCUT2D eigenvalue weighted by Crippen LogP contribution is -2.21. The molecule has 5 nitrogen and oxygen atoms in total. The van der Waals surface area contributed by atoms with Gasteiger partial charge in [0.15, 0.2) is 0 Å². The minimum Gasteiger partial charge on any atom is -0.383 e. The molecule has 0 saturated heterocycles. The highest BCUT2D eigenvalue weighted by molar-refractivity contribution is 5.92. The lowest BCUT2D eigenvalue weighted by Gasteiger charge is -2.10. The van der Waals surface area contributed by atoms with Crippen molar-refractivity contribution >= 4 is 11.6 Å². The number of rotatable bonds is 7. The normalized spacial score (nSPS) is 10.8. The Kier molecular flexibility index (Phi) is 5.69. The molecule has 0 spiro atoms. The predicted octanol–water partition coefficient (Wildman–Crippen LogP) is 1.90. The van der Waals surface area contributed by atoms with Gasteiger partial charge in [-0.1, -0.05) is 13.8 Å². The Balaban J connectivity index is 2.51. The number of nitrogens with one attached hydrogen (secondary N) is 1. The fourth-order valence-corrected chi connectivity index (χ4v) is 1.64. The Morgan fingerprint density at radius 3 is 2.82 bits per heavy atom. The Morgan fingerprint density at radius 2 is 2.24 bits per heavy atom. The molecule has 1 heterocycles. The molecule has 0 atom stereocenters. The van der Waals surface area contributed by atoms with Gasteiger partial charge in [-0.25, -0.2) is 0 Å². The van der Waals surface area contributed by atoms with Gasteiger partial charge in [0.1, 0.15) is 0 Å². The minimum atomic E-state index is 0.0706. The van der Waals surface area contributed by atoms with Gasteiger partial charge in [-0.15, -0.1) is 0 Å². The van der Waals surface area contributed by atoms with Crippen LogP contribution in [0.4, 0.5) is 5.69 Å². The number of carbonyl (C=O) groups excluding carboxylic acids is 1. The molecule has 0 bridgehead atoms. The van der Waals surface area contributed by atoms with E-state index in [1.54, 1.807) is 18.0 Å². The van der Waals surface area contributed by atoms with Crippen LogP contribution in [-0.4, -0.2) is 29.4 Å². The lowest BCUT2D eigenvalue weighted by molar-refractivity contribution is -0.120. The molecule has 0 aliphatic rings. The number of hydrogen-bond acceptors (Lipinski definition) is 3. The third kappa shape index (κ3) is 4.19. The van der Waals surface area contributed by atoms with Crippen molar-refractivity contribution < 1.29 is 9.53 Å². The van der Waals surface area contributed by atoms with E-state index in [1.165, 1.54) is 0 Å². The van der Waals surface area contributed by atoms with Crippen molar-refractivity contribution in [1.82, 2.24) is 9.78 Å². The molecule has 1 amide bonds. The third-order valence-corrected chi connectivity index (χ3v) is 2.78. The average Bonchev–Trinajstić information content (AvgIpc) is 2.75. The number of amides is 1. The van der Waals surface area contributed by atoms with Gasteiger partial charge < -0.3 is 10.1 Å². The standard InChI is InChI=1S/C12H21N3O2/c1-4-10(5-2)12(16)14-11-8-13-15(9-11)6-7-17-3/h8-10H,4-7H2,1-3H3,(H,14,16). The number of anilines is 1. The van der Waals surface area contributed by atoms with E-state index >= 15 is 0 Å². The van der Waals surface area contributed by atoms with E-state index in [1.807, 2.05) is 20.0 Å². The van der Waals surface area contributed by atoms with Gasteiger partial charge in [0, 0.05) is 19.2 Å². The zero-order chi connectivity index (χ0) is 12.7. The Labute approximate surface area is 102 Å². The summed E-state index contributed by atoms with van der Waals surface area (Å²) in [4.78, 5) is 11.8. The van der Waals surface area contributed by atoms with E-state index in [0.717, 1.165) is 18.5 Å². The lowest BCUT2D eigenvalue weighted by atomic mass is 10.0. The average molecular weight is 239 g/mol. The van der Waals surface area contributed by atoms with Crippen molar-refractivity contribution in [2.75, 3.05) is 19.0 Å². The molecule has 0 aromatic carbocycles. The predicted molar refractivity (Wildman–Crippen MR) is 66.8 cm³/mol. The van der Waals surface area contributed by atoms with E-state index in [9.17, 15) is 4.79 Å². The molecule has 5 heteroatoms. The molecule has 1 N–H and O–H groups in total. The highest BCUT2D eigenvalue weighted by Gasteiger charge is 2.14. The summed E-state index contributed by atoms with van der Waals surface area (Å²) in [5.74, 6) is 0.151. The third-order valence-electron chi connectivity index (χ3n) is 2.78. The fraction of sp³-hybridized carbons (Fsp3) is 0.667. The molecule has 0 aliphatic carbocycles. The quantitative estimate of drug-likeness (QED) is 0.790. The first-order chi connectivity index (χ1) is 8.21. The summed E-state index contributed by atoms with van der Waals surface area (Å²) in [6, 6.07) is 0. The smallest absolute Gasteiger partial charge is 0.227 e. The Morgan fingerprint density at radius 1 is 1.53 bits per heavy atom. The first-order valence-corrected chi connectivity index (χ1v) is 6.03. The molecule has 1 aromatic heterocycles. The number of methoxy groups -OCH3 is 1. The highest BCUT2D eigenvalue weighted by Crippen LogP contribution is 2.12. The van der Waals surface area contributed by atoms with Gasteiger partial charge in [-0.2, -0.15) is 5.10 Å². The van der Waals surface area contributed by atoms with Crippen LogP contribution in [0.15, 0.2) is 12.4 Å². The second kappa shape index (κ2) is 7.06. The summed E-state index contributed by atoms with van der Waals surface area (Å²) in [6.07, 6.45) is 5.20. The van der Waals surface area contributed by atoms with E-state index < -0.39 is 0 Å². The number of hydrogen-bond donors (Lipinski definition) is 1. The summed E-state index contributed by atoms with van der Waals surface area (Å²) in [5.41, 5.74) is 0.748. The van der Waals surface area contributed by atoms with Crippen LogP contribution in [0.3, 0.4) is 0 Å². The summed E-state index contributed by atoms with van der Waals surface area (Å²) < 4.78 is 6.72. The molecular formula is C12H21N3O2. The zero-order valence-electron chi connectivity index (χ0n) is 10.8. The Hall–Kier alpha value is -1.36. The first-order valence-electron chi connectivity index (χ1n) is 6.03. The maximum absolute atomic E-state index is 11.8. The number of nitrogens with zero attached hydrogens (tertiary/aromatic N) is 2. The van der Waals surface area contributed by atoms with Crippen LogP contribution >= 0.6 is 0 Å². The van der Waals surface area contributed by atoms with Crippen LogP contribution in [0.2, 0.25) is 0 Å². The van der Waals surface area contributed by atoms with E-state index in [0.29, 0.717) is 13.2 Å². The van der Waals surface area contributed by atoms with Crippen molar-refractivity contribution in [1.29, 1.82) is 0 Å². The largest absolute Gasteiger partial charge is 0.383 e. The highest BCUT2D eigenvalue weighted by atomic mass is 16.5. The van der Waals surface area contributed by atoms with Gasteiger partial charge in [0.05, 0.1) is 25.0 Å². The SMILES string of the molecule is CCC(CC)C(=O)Nc1cnn(CCOC)c1. The maximum atomic E-state index is 11.8. The fourth-order valence-electron chi connectivity index (χ4n) is 1.64. The van der Waals surface area contributed by atoms with Gasteiger partial charge in [0.2, 0.25) is 5.91 Å². The molecule has 96 valence electrons. The van der Waals surface area contributed by atoms with Gasteiger partial charge >= 0.3 is 0 Å². The molecular weight excluding hydrogens is 218 g/mol. The molecule has 1 rings (SSSR count). The van der Waals surface area contributed by atoms with E-state index in [4.69, 9.17) is 4.74 Å². The van der Waals surface area contributed by atoms with Gasteiger partial charge in [-0.05, 0) is 12.8 Å². The van der Waals surface area contributed by atoms with Gasteiger partial charge in [0.25, 0.3) is 0 Å². The summed E-state index contributed by atoms with van der Waals surface area (Å²) in [6.45, 7) is 5.35. The van der Waals surface area contributed by atoms with Crippen molar-refractivity contribution in [3.05, 3.63) is 12.4 Å². The molecule has 17 heavy (non-hydrogen) atoms. The van der Waals surface area contributed by atoms with E-state index in [2.05, 4.69) is 10.4 Å². The minimum absolute atomic E-state index is 0.0706. The Bertz CT molecular complexity index is 345. The van der Waals surface area contributed by atoms with Gasteiger partial charge in [-0.3, -0.25) is 9.48 Å². The van der Waals surface area contributed by atoms with Crippen molar-refractivity contribution in [3.8, 4) is 0 Å². The summed E-state index contributed by atoms with van der Waals surface area (Å²) in [5, 5.41) is 7.02.